The van der Waals surface area contributed by atoms with E-state index < -0.39 is 17.7 Å². The van der Waals surface area contributed by atoms with Crippen molar-refractivity contribution < 1.29 is 13.9 Å². The summed E-state index contributed by atoms with van der Waals surface area (Å²) in [4.78, 5) is 4.26. The molecule has 0 bridgehead atoms. The molecule has 2 saturated carbocycles. The zero-order chi connectivity index (χ0) is 19.3. The fraction of sp³-hybridized carbons (Fsp3) is 0.435. The molecule has 2 fully saturated rings. The van der Waals surface area contributed by atoms with Crippen LogP contribution in [0.5, 0.6) is 0 Å². The highest BCUT2D eigenvalue weighted by molar-refractivity contribution is 5.50. The Morgan fingerprint density at radius 2 is 1.61 bits per heavy atom. The van der Waals surface area contributed by atoms with Gasteiger partial charge in [-0.3, -0.25) is 0 Å². The van der Waals surface area contributed by atoms with Crippen LogP contribution in [0.1, 0.15) is 73.3 Å². The van der Waals surface area contributed by atoms with Crippen molar-refractivity contribution in [1.29, 1.82) is 0 Å². The maximum Gasteiger partial charge on any atom is 0.129 e. The van der Waals surface area contributed by atoms with Gasteiger partial charge in [-0.1, -0.05) is 12.1 Å². The number of fused-ring (bicyclic) bond motifs is 1. The molecule has 1 N–H and O–H groups in total. The number of halogens is 2. The van der Waals surface area contributed by atoms with Gasteiger partial charge in [0.1, 0.15) is 11.6 Å². The number of hydrogen-bond donors (Lipinski definition) is 1. The lowest BCUT2D eigenvalue weighted by atomic mass is 9.75. The molecule has 3 nitrogen and oxygen atoms in total. The van der Waals surface area contributed by atoms with Crippen molar-refractivity contribution in [2.24, 2.45) is 5.92 Å². The first kappa shape index (κ1) is 17.8. The third-order valence-electron chi connectivity index (χ3n) is 6.57. The molecule has 0 aliphatic heterocycles. The van der Waals surface area contributed by atoms with Crippen molar-refractivity contribution in [2.75, 3.05) is 0 Å². The smallest absolute Gasteiger partial charge is 0.129 e. The Balaban J connectivity index is 1.38. The highest BCUT2D eigenvalue weighted by Gasteiger charge is 2.34. The minimum absolute atomic E-state index is 0.0935. The Labute approximate surface area is 163 Å². The first-order chi connectivity index (χ1) is 13.6. The number of pyridine rings is 1. The summed E-state index contributed by atoms with van der Waals surface area (Å²) in [5, 5.41) is 11.3. The number of benzene rings is 1. The van der Waals surface area contributed by atoms with Gasteiger partial charge in [0.25, 0.3) is 0 Å². The molecule has 0 radical (unpaired) electrons. The lowest BCUT2D eigenvalue weighted by Gasteiger charge is -2.33. The lowest BCUT2D eigenvalue weighted by Crippen LogP contribution is -2.22. The topological polar surface area (TPSA) is 37.5 Å². The van der Waals surface area contributed by atoms with E-state index in [1.54, 1.807) is 12.4 Å². The van der Waals surface area contributed by atoms with Crippen LogP contribution < -0.4 is 0 Å². The molecule has 2 aromatic heterocycles. The lowest BCUT2D eigenvalue weighted by molar-refractivity contribution is 0.0752. The van der Waals surface area contributed by atoms with Gasteiger partial charge in [0, 0.05) is 6.07 Å². The molecule has 28 heavy (non-hydrogen) atoms. The fourth-order valence-electron chi connectivity index (χ4n) is 4.88. The van der Waals surface area contributed by atoms with Crippen LogP contribution in [0.3, 0.4) is 0 Å². The number of aliphatic hydroxyl groups is 1. The third-order valence-corrected chi connectivity index (χ3v) is 6.57. The van der Waals surface area contributed by atoms with Crippen molar-refractivity contribution in [1.82, 2.24) is 9.38 Å². The zero-order valence-corrected chi connectivity index (χ0v) is 15.7. The molecule has 0 saturated heterocycles. The van der Waals surface area contributed by atoms with Gasteiger partial charge < -0.3 is 9.51 Å². The van der Waals surface area contributed by atoms with E-state index in [1.807, 2.05) is 10.6 Å². The Kier molecular flexibility index (Phi) is 4.43. The van der Waals surface area contributed by atoms with Gasteiger partial charge >= 0.3 is 0 Å². The average Bonchev–Trinajstić information content (AvgIpc) is 3.43. The molecule has 2 aliphatic rings. The number of aromatic nitrogens is 2. The van der Waals surface area contributed by atoms with Gasteiger partial charge in [-0.15, -0.1) is 0 Å². The van der Waals surface area contributed by atoms with Crippen molar-refractivity contribution in [2.45, 2.75) is 56.5 Å². The molecule has 1 atom stereocenters. The normalized spacial score (nSPS) is 23.8. The predicted molar refractivity (Wildman–Crippen MR) is 103 cm³/mol. The monoisotopic (exact) mass is 382 g/mol. The van der Waals surface area contributed by atoms with Crippen molar-refractivity contribution >= 4 is 5.52 Å². The number of hydrogen-bond acceptors (Lipinski definition) is 2. The molecule has 146 valence electrons. The second-order valence-electron chi connectivity index (χ2n) is 8.36. The summed E-state index contributed by atoms with van der Waals surface area (Å²) < 4.78 is 29.4. The molecular formula is C23H24F2N2O. The van der Waals surface area contributed by atoms with E-state index in [0.717, 1.165) is 43.0 Å². The number of imidazole rings is 1. The van der Waals surface area contributed by atoms with E-state index in [0.29, 0.717) is 11.5 Å². The average molecular weight is 382 g/mol. The van der Waals surface area contributed by atoms with Gasteiger partial charge in [-0.25, -0.2) is 13.8 Å². The van der Waals surface area contributed by atoms with Gasteiger partial charge in [0.15, 0.2) is 0 Å². The maximum absolute atomic E-state index is 14.1. The SMILES string of the molecule is O[C@H](c1c(C2CC2)ccc2cncn12)C1CCC(c2ccc(F)cc2F)CC1. The zero-order valence-electron chi connectivity index (χ0n) is 15.7. The molecule has 5 heteroatoms. The molecule has 2 aliphatic carbocycles. The minimum Gasteiger partial charge on any atom is -0.387 e. The van der Waals surface area contributed by atoms with Gasteiger partial charge in [-0.2, -0.15) is 0 Å². The fourth-order valence-corrected chi connectivity index (χ4v) is 4.88. The summed E-state index contributed by atoms with van der Waals surface area (Å²) in [6.45, 7) is 0. The second-order valence-corrected chi connectivity index (χ2v) is 8.36. The molecule has 1 aromatic carbocycles. The van der Waals surface area contributed by atoms with Gasteiger partial charge in [0.05, 0.1) is 29.8 Å². The van der Waals surface area contributed by atoms with Crippen LogP contribution >= 0.6 is 0 Å². The summed E-state index contributed by atoms with van der Waals surface area (Å²) in [6.07, 6.45) is 8.70. The molecule has 0 amide bonds. The van der Waals surface area contributed by atoms with Crippen LogP contribution in [-0.4, -0.2) is 14.5 Å². The molecular weight excluding hydrogens is 358 g/mol. The van der Waals surface area contributed by atoms with Crippen molar-refractivity contribution in [3.8, 4) is 0 Å². The molecule has 2 heterocycles. The van der Waals surface area contributed by atoms with Crippen LogP contribution in [0.15, 0.2) is 42.9 Å². The largest absolute Gasteiger partial charge is 0.387 e. The van der Waals surface area contributed by atoms with E-state index in [1.165, 1.54) is 24.5 Å². The van der Waals surface area contributed by atoms with E-state index in [9.17, 15) is 13.9 Å². The van der Waals surface area contributed by atoms with Gasteiger partial charge in [0.2, 0.25) is 0 Å². The highest BCUT2D eigenvalue weighted by atomic mass is 19.1. The van der Waals surface area contributed by atoms with Crippen LogP contribution in [-0.2, 0) is 0 Å². The van der Waals surface area contributed by atoms with Crippen molar-refractivity contribution in [3.63, 3.8) is 0 Å². The Hall–Kier alpha value is -2.27. The highest BCUT2D eigenvalue weighted by Crippen LogP contribution is 2.47. The Morgan fingerprint density at radius 3 is 2.32 bits per heavy atom. The Morgan fingerprint density at radius 1 is 0.929 bits per heavy atom. The minimum atomic E-state index is -0.549. The van der Waals surface area contributed by atoms with E-state index >= 15 is 0 Å². The van der Waals surface area contributed by atoms with Gasteiger partial charge in [-0.05, 0) is 79.5 Å². The number of aliphatic hydroxyl groups excluding tert-OH is 1. The van der Waals surface area contributed by atoms with Crippen LogP contribution in [0.4, 0.5) is 8.78 Å². The van der Waals surface area contributed by atoms with E-state index in [2.05, 4.69) is 17.1 Å². The summed E-state index contributed by atoms with van der Waals surface area (Å²) in [7, 11) is 0. The molecule has 0 unspecified atom stereocenters. The summed E-state index contributed by atoms with van der Waals surface area (Å²) in [6, 6.07) is 8.10. The molecule has 0 spiro atoms. The standard InChI is InChI=1S/C23H24F2N2O/c24-17-7-9-19(21(25)11-17)14-3-5-16(6-4-14)23(28)22-20(15-1-2-15)10-8-18-12-26-13-27(18)22/h7-16,23,28H,1-6H2/t14?,16?,23-/m0/s1. The quantitative estimate of drug-likeness (QED) is 0.647. The van der Waals surface area contributed by atoms with Crippen LogP contribution in [0, 0.1) is 17.6 Å². The summed E-state index contributed by atoms with van der Waals surface area (Å²) in [5.41, 5.74) is 3.82. The van der Waals surface area contributed by atoms with Crippen LogP contribution in [0.25, 0.3) is 5.52 Å². The summed E-state index contributed by atoms with van der Waals surface area (Å²) in [5.74, 6) is -0.211. The predicted octanol–water partition coefficient (Wildman–Crippen LogP) is 5.50. The second kappa shape index (κ2) is 6.96. The number of nitrogens with zero attached hydrogens (tertiary/aromatic N) is 2. The van der Waals surface area contributed by atoms with E-state index in [4.69, 9.17) is 0 Å². The van der Waals surface area contributed by atoms with Crippen molar-refractivity contribution in [3.05, 3.63) is 71.3 Å². The molecule has 5 rings (SSSR count). The molecule has 3 aromatic rings. The first-order valence-corrected chi connectivity index (χ1v) is 10.2. The Bertz CT molecular complexity index is 1000. The van der Waals surface area contributed by atoms with Crippen LogP contribution in [0.2, 0.25) is 0 Å². The first-order valence-electron chi connectivity index (χ1n) is 10.2. The number of rotatable bonds is 4. The third kappa shape index (κ3) is 3.12. The van der Waals surface area contributed by atoms with E-state index in [-0.39, 0.29) is 11.8 Å². The summed E-state index contributed by atoms with van der Waals surface area (Å²) >= 11 is 0. The maximum atomic E-state index is 14.1.